The van der Waals surface area contributed by atoms with Crippen LogP contribution in [0.3, 0.4) is 0 Å². The maximum absolute atomic E-state index is 5.83. The Bertz CT molecular complexity index is 505. The van der Waals surface area contributed by atoms with Crippen molar-refractivity contribution >= 4 is 23.5 Å². The van der Waals surface area contributed by atoms with Gasteiger partial charge in [0.1, 0.15) is 0 Å². The van der Waals surface area contributed by atoms with Crippen molar-refractivity contribution in [1.29, 1.82) is 0 Å². The topological polar surface area (TPSA) is 102 Å². The molecule has 0 aromatic carbocycles. The van der Waals surface area contributed by atoms with E-state index >= 15 is 0 Å². The molecule has 0 bridgehead atoms. The molecule has 0 fully saturated rings. The summed E-state index contributed by atoms with van der Waals surface area (Å²) in [5.74, 6) is 1.50. The number of aromatic nitrogens is 5. The van der Waals surface area contributed by atoms with Gasteiger partial charge in [-0.1, -0.05) is 12.1 Å². The van der Waals surface area contributed by atoms with Gasteiger partial charge in [-0.15, -0.1) is 0 Å². The highest BCUT2D eigenvalue weighted by molar-refractivity contribution is 6.28. The van der Waals surface area contributed by atoms with E-state index in [-0.39, 0.29) is 5.28 Å². The first kappa shape index (κ1) is 13.5. The van der Waals surface area contributed by atoms with Crippen molar-refractivity contribution in [1.82, 2.24) is 25.1 Å². The van der Waals surface area contributed by atoms with Crippen molar-refractivity contribution in [2.45, 2.75) is 19.8 Å². The zero-order chi connectivity index (χ0) is 13.5. The van der Waals surface area contributed by atoms with Gasteiger partial charge >= 0.3 is 0 Å². The summed E-state index contributed by atoms with van der Waals surface area (Å²) in [5, 5.41) is 9.94. The van der Waals surface area contributed by atoms with Gasteiger partial charge in [0.25, 0.3) is 0 Å². The molecule has 0 atom stereocenters. The largest absolute Gasteiger partial charge is 0.354 e. The summed E-state index contributed by atoms with van der Waals surface area (Å²) in [6.07, 6.45) is 2.88. The molecule has 0 saturated heterocycles. The van der Waals surface area contributed by atoms with Crippen LogP contribution in [0, 0.1) is 0 Å². The number of nitrogens with zero attached hydrogens (tertiary/aromatic N) is 5. The van der Waals surface area contributed by atoms with Crippen molar-refractivity contribution in [2.75, 3.05) is 23.7 Å². The molecule has 0 spiro atoms. The van der Waals surface area contributed by atoms with Crippen molar-refractivity contribution in [3.8, 4) is 0 Å². The Hall–Kier alpha value is -1.96. The second kappa shape index (κ2) is 6.83. The molecule has 0 radical (unpaired) electrons. The molecule has 2 N–H and O–H groups in total. The van der Waals surface area contributed by atoms with E-state index in [4.69, 9.17) is 11.6 Å². The van der Waals surface area contributed by atoms with Crippen LogP contribution in [0.5, 0.6) is 0 Å². The van der Waals surface area contributed by atoms with E-state index in [1.54, 1.807) is 0 Å². The SMILES string of the molecule is CCCNc1nc(Cl)nc(NCCc2ncon2)n1. The average molecular weight is 284 g/mol. The van der Waals surface area contributed by atoms with E-state index in [1.165, 1.54) is 6.39 Å². The maximum atomic E-state index is 5.83. The summed E-state index contributed by atoms with van der Waals surface area (Å²) in [4.78, 5) is 16.1. The molecule has 9 heteroatoms. The lowest BCUT2D eigenvalue weighted by Gasteiger charge is -2.06. The monoisotopic (exact) mass is 283 g/mol. The minimum absolute atomic E-state index is 0.149. The van der Waals surface area contributed by atoms with Crippen LogP contribution in [0.15, 0.2) is 10.9 Å². The van der Waals surface area contributed by atoms with Gasteiger partial charge in [0.05, 0.1) is 0 Å². The van der Waals surface area contributed by atoms with Gasteiger partial charge in [-0.25, -0.2) is 0 Å². The molecule has 0 saturated carbocycles. The number of nitrogens with one attached hydrogen (secondary N) is 2. The maximum Gasteiger partial charge on any atom is 0.228 e. The van der Waals surface area contributed by atoms with Crippen LogP contribution in [0.1, 0.15) is 19.2 Å². The Labute approximate surface area is 115 Å². The van der Waals surface area contributed by atoms with E-state index in [0.717, 1.165) is 13.0 Å². The molecule has 2 aromatic heterocycles. The molecule has 0 aliphatic carbocycles. The molecule has 2 rings (SSSR count). The fourth-order valence-corrected chi connectivity index (χ4v) is 1.49. The molecule has 2 aromatic rings. The Morgan fingerprint density at radius 2 is 1.89 bits per heavy atom. The fraction of sp³-hybridized carbons (Fsp3) is 0.500. The number of halogens is 1. The first-order valence-electron chi connectivity index (χ1n) is 5.92. The van der Waals surface area contributed by atoms with Crippen LogP contribution in [0.25, 0.3) is 0 Å². The van der Waals surface area contributed by atoms with Crippen molar-refractivity contribution in [3.05, 3.63) is 17.5 Å². The summed E-state index contributed by atoms with van der Waals surface area (Å²) in [6.45, 7) is 3.41. The average Bonchev–Trinajstić information content (AvgIpc) is 2.89. The molecule has 2 heterocycles. The Morgan fingerprint density at radius 3 is 2.53 bits per heavy atom. The minimum atomic E-state index is 0.149. The molecule has 0 aliphatic rings. The normalized spacial score (nSPS) is 10.4. The number of hydrogen-bond acceptors (Lipinski definition) is 8. The number of hydrogen-bond donors (Lipinski definition) is 2. The number of anilines is 2. The van der Waals surface area contributed by atoms with Gasteiger partial charge in [0, 0.05) is 19.5 Å². The quantitative estimate of drug-likeness (QED) is 0.786. The smallest absolute Gasteiger partial charge is 0.228 e. The highest BCUT2D eigenvalue weighted by atomic mass is 35.5. The Kier molecular flexibility index (Phi) is 4.85. The third-order valence-electron chi connectivity index (χ3n) is 2.18. The van der Waals surface area contributed by atoms with E-state index in [9.17, 15) is 0 Å². The number of rotatable bonds is 7. The van der Waals surface area contributed by atoms with Gasteiger partial charge in [-0.05, 0) is 18.0 Å². The highest BCUT2D eigenvalue weighted by Gasteiger charge is 2.05. The molecule has 0 aliphatic heterocycles. The van der Waals surface area contributed by atoms with Crippen LogP contribution in [0.4, 0.5) is 11.9 Å². The van der Waals surface area contributed by atoms with Crippen molar-refractivity contribution in [3.63, 3.8) is 0 Å². The minimum Gasteiger partial charge on any atom is -0.354 e. The molecular weight excluding hydrogens is 270 g/mol. The van der Waals surface area contributed by atoms with Gasteiger partial charge in [-0.2, -0.15) is 19.9 Å². The summed E-state index contributed by atoms with van der Waals surface area (Å²) in [6, 6.07) is 0. The van der Waals surface area contributed by atoms with Gasteiger partial charge in [-0.3, -0.25) is 0 Å². The second-order valence-corrected chi connectivity index (χ2v) is 4.04. The second-order valence-electron chi connectivity index (χ2n) is 3.70. The lowest BCUT2D eigenvalue weighted by Crippen LogP contribution is -2.12. The summed E-state index contributed by atoms with van der Waals surface area (Å²) in [5.41, 5.74) is 0. The lowest BCUT2D eigenvalue weighted by molar-refractivity contribution is 0.410. The fourth-order valence-electron chi connectivity index (χ4n) is 1.33. The van der Waals surface area contributed by atoms with Crippen LogP contribution >= 0.6 is 11.6 Å². The molecule has 0 unspecified atom stereocenters. The van der Waals surface area contributed by atoms with Crippen LogP contribution in [0.2, 0.25) is 5.28 Å². The lowest BCUT2D eigenvalue weighted by atomic mass is 10.4. The third kappa shape index (κ3) is 4.32. The van der Waals surface area contributed by atoms with E-state index in [2.05, 4.69) is 47.2 Å². The first-order valence-corrected chi connectivity index (χ1v) is 6.30. The Morgan fingerprint density at radius 1 is 1.16 bits per heavy atom. The zero-order valence-electron chi connectivity index (χ0n) is 10.4. The Balaban J connectivity index is 1.90. The molecule has 102 valence electrons. The highest BCUT2D eigenvalue weighted by Crippen LogP contribution is 2.09. The van der Waals surface area contributed by atoms with Crippen LogP contribution in [-0.4, -0.2) is 38.2 Å². The summed E-state index contributed by atoms with van der Waals surface area (Å²) in [7, 11) is 0. The van der Waals surface area contributed by atoms with E-state index < -0.39 is 0 Å². The van der Waals surface area contributed by atoms with Gasteiger partial charge in [0.2, 0.25) is 23.6 Å². The van der Waals surface area contributed by atoms with Crippen molar-refractivity contribution < 1.29 is 4.52 Å². The molecule has 19 heavy (non-hydrogen) atoms. The molecule has 0 amide bonds. The van der Waals surface area contributed by atoms with Gasteiger partial charge < -0.3 is 15.2 Å². The van der Waals surface area contributed by atoms with Crippen molar-refractivity contribution in [2.24, 2.45) is 0 Å². The zero-order valence-corrected chi connectivity index (χ0v) is 11.2. The summed E-state index contributed by atoms with van der Waals surface area (Å²) >= 11 is 5.83. The first-order chi connectivity index (χ1) is 9.28. The van der Waals surface area contributed by atoms with E-state index in [0.29, 0.717) is 30.7 Å². The third-order valence-corrected chi connectivity index (χ3v) is 2.35. The van der Waals surface area contributed by atoms with Gasteiger partial charge in [0.15, 0.2) is 5.82 Å². The molecular formula is C10H14ClN7O. The predicted molar refractivity (Wildman–Crippen MR) is 70.1 cm³/mol. The standard InChI is InChI=1S/C10H14ClN7O/c1-2-4-12-9-15-8(11)16-10(17-9)13-5-3-7-14-6-19-18-7/h6H,2-5H2,1H3,(H2,12,13,15,16,17). The predicted octanol–water partition coefficient (Wildman–Crippen LogP) is 1.38. The van der Waals surface area contributed by atoms with Crippen LogP contribution < -0.4 is 10.6 Å². The summed E-state index contributed by atoms with van der Waals surface area (Å²) < 4.78 is 4.64. The van der Waals surface area contributed by atoms with Crippen LogP contribution in [-0.2, 0) is 6.42 Å². The molecule has 8 nitrogen and oxygen atoms in total. The van der Waals surface area contributed by atoms with E-state index in [1.807, 2.05) is 0 Å².